The van der Waals surface area contributed by atoms with Crippen LogP contribution in [0.25, 0.3) is 6.08 Å². The summed E-state index contributed by atoms with van der Waals surface area (Å²) in [5.74, 6) is -0.188. The number of fused-ring (bicyclic) bond motifs is 1. The predicted octanol–water partition coefficient (Wildman–Crippen LogP) is 2.50. The standard InChI is InChI=1S/C21H19NO6/c23-16-8-5-15(6-9-16)11-17(21(25)26)22-20(24)4-2-1-3-14-7-10-18-19(12-14)28-13-27-18/h1-10,12,17,23H,11,13H2,(H,22,24)(H,25,26)/b3-1+,4-2+. The lowest BCUT2D eigenvalue weighted by molar-refractivity contribution is -0.141. The molecule has 2 aromatic carbocycles. The molecule has 0 bridgehead atoms. The maximum atomic E-state index is 12.0. The number of phenolic OH excluding ortho intramolecular Hbond substituents is 1. The molecule has 0 fully saturated rings. The molecular formula is C21H19NO6. The second-order valence-electron chi connectivity index (χ2n) is 6.10. The molecule has 0 spiro atoms. The van der Waals surface area contributed by atoms with Crippen LogP contribution >= 0.6 is 0 Å². The Hall–Kier alpha value is -3.74. The number of aliphatic carboxylic acids is 1. The number of carboxylic acids is 1. The SMILES string of the molecule is O=C(/C=C/C=C/c1ccc2c(c1)OCO2)NC(Cc1ccc(O)cc1)C(=O)O. The van der Waals surface area contributed by atoms with E-state index in [1.807, 2.05) is 12.1 Å². The minimum absolute atomic E-state index is 0.0943. The Kier molecular flexibility index (Phi) is 5.96. The van der Waals surface area contributed by atoms with Gasteiger partial charge in [0, 0.05) is 12.5 Å². The van der Waals surface area contributed by atoms with Gasteiger partial charge in [0.25, 0.3) is 0 Å². The number of carbonyl (C=O) groups excluding carboxylic acids is 1. The van der Waals surface area contributed by atoms with Gasteiger partial charge in [-0.3, -0.25) is 4.79 Å². The summed E-state index contributed by atoms with van der Waals surface area (Å²) in [6.07, 6.45) is 6.36. The van der Waals surface area contributed by atoms with E-state index in [9.17, 15) is 19.8 Å². The summed E-state index contributed by atoms with van der Waals surface area (Å²) in [7, 11) is 0. The van der Waals surface area contributed by atoms with Gasteiger partial charge >= 0.3 is 5.97 Å². The molecule has 0 aliphatic carbocycles. The van der Waals surface area contributed by atoms with Crippen LogP contribution in [0.5, 0.6) is 17.2 Å². The van der Waals surface area contributed by atoms with Crippen LogP contribution in [0.15, 0.2) is 60.7 Å². The van der Waals surface area contributed by atoms with Gasteiger partial charge in [-0.1, -0.05) is 36.4 Å². The van der Waals surface area contributed by atoms with Gasteiger partial charge in [0.05, 0.1) is 0 Å². The monoisotopic (exact) mass is 381 g/mol. The highest BCUT2D eigenvalue weighted by atomic mass is 16.7. The number of hydrogen-bond acceptors (Lipinski definition) is 5. The molecule has 0 aromatic heterocycles. The summed E-state index contributed by atoms with van der Waals surface area (Å²) in [6, 6.07) is 10.6. The van der Waals surface area contributed by atoms with Crippen molar-refractivity contribution in [2.24, 2.45) is 0 Å². The predicted molar refractivity (Wildman–Crippen MR) is 102 cm³/mol. The van der Waals surface area contributed by atoms with Gasteiger partial charge in [-0.25, -0.2) is 4.79 Å². The van der Waals surface area contributed by atoms with Crippen LogP contribution in [0.1, 0.15) is 11.1 Å². The summed E-state index contributed by atoms with van der Waals surface area (Å²) < 4.78 is 10.5. The summed E-state index contributed by atoms with van der Waals surface area (Å²) in [6.45, 7) is 0.206. The molecule has 1 unspecified atom stereocenters. The molecule has 28 heavy (non-hydrogen) atoms. The first kappa shape index (κ1) is 19.0. The van der Waals surface area contributed by atoms with E-state index in [4.69, 9.17) is 9.47 Å². The minimum Gasteiger partial charge on any atom is -0.508 e. The average Bonchev–Trinajstić information content (AvgIpc) is 3.14. The van der Waals surface area contributed by atoms with Crippen molar-refractivity contribution in [3.05, 3.63) is 71.8 Å². The molecule has 1 amide bonds. The zero-order valence-corrected chi connectivity index (χ0v) is 14.9. The topological polar surface area (TPSA) is 105 Å². The highest BCUT2D eigenvalue weighted by Gasteiger charge is 2.19. The average molecular weight is 381 g/mol. The molecule has 7 heteroatoms. The van der Waals surface area contributed by atoms with Crippen LogP contribution in [0.4, 0.5) is 0 Å². The second kappa shape index (κ2) is 8.77. The number of carbonyl (C=O) groups is 2. The van der Waals surface area contributed by atoms with Crippen LogP contribution < -0.4 is 14.8 Å². The van der Waals surface area contributed by atoms with E-state index in [0.29, 0.717) is 17.1 Å². The molecule has 2 aromatic rings. The number of rotatable bonds is 7. The fourth-order valence-electron chi connectivity index (χ4n) is 2.61. The Morgan fingerprint density at radius 2 is 1.82 bits per heavy atom. The number of amides is 1. The highest BCUT2D eigenvalue weighted by Crippen LogP contribution is 2.32. The molecule has 3 N–H and O–H groups in total. The van der Waals surface area contributed by atoms with Crippen molar-refractivity contribution in [2.45, 2.75) is 12.5 Å². The van der Waals surface area contributed by atoms with Crippen LogP contribution in [-0.4, -0.2) is 34.9 Å². The third-order valence-electron chi connectivity index (χ3n) is 4.03. The van der Waals surface area contributed by atoms with E-state index in [1.54, 1.807) is 30.4 Å². The number of carboxylic acid groups (broad SMARTS) is 1. The number of nitrogens with one attached hydrogen (secondary N) is 1. The molecule has 144 valence electrons. The van der Waals surface area contributed by atoms with Crippen LogP contribution in [0.3, 0.4) is 0 Å². The normalized spacial score (nSPS) is 13.7. The number of hydrogen-bond donors (Lipinski definition) is 3. The molecule has 3 rings (SSSR count). The van der Waals surface area contributed by atoms with Crippen LogP contribution in [0.2, 0.25) is 0 Å². The Morgan fingerprint density at radius 3 is 2.57 bits per heavy atom. The smallest absolute Gasteiger partial charge is 0.326 e. The molecule has 1 heterocycles. The van der Waals surface area contributed by atoms with Crippen LogP contribution in [0, 0.1) is 0 Å². The van der Waals surface area contributed by atoms with Gasteiger partial charge in [0.2, 0.25) is 12.7 Å². The summed E-state index contributed by atoms with van der Waals surface area (Å²) in [5.41, 5.74) is 1.57. The van der Waals surface area contributed by atoms with Crippen molar-refractivity contribution in [2.75, 3.05) is 6.79 Å². The highest BCUT2D eigenvalue weighted by molar-refractivity contribution is 5.91. The summed E-state index contributed by atoms with van der Waals surface area (Å²) in [5, 5.41) is 21.0. The maximum Gasteiger partial charge on any atom is 0.326 e. The minimum atomic E-state index is -1.13. The molecule has 0 radical (unpaired) electrons. The van der Waals surface area contributed by atoms with Gasteiger partial charge in [-0.05, 0) is 35.4 Å². The van der Waals surface area contributed by atoms with Crippen LogP contribution in [-0.2, 0) is 16.0 Å². The maximum absolute atomic E-state index is 12.0. The Labute approximate surface area is 161 Å². The number of ether oxygens (including phenoxy) is 2. The molecular weight excluding hydrogens is 362 g/mol. The second-order valence-corrected chi connectivity index (χ2v) is 6.10. The Bertz CT molecular complexity index is 917. The van der Waals surface area contributed by atoms with Gasteiger partial charge in [-0.2, -0.15) is 0 Å². The third-order valence-corrected chi connectivity index (χ3v) is 4.03. The van der Waals surface area contributed by atoms with Crippen molar-refractivity contribution >= 4 is 18.0 Å². The largest absolute Gasteiger partial charge is 0.508 e. The lowest BCUT2D eigenvalue weighted by Crippen LogP contribution is -2.41. The fraction of sp³-hybridized carbons (Fsp3) is 0.143. The summed E-state index contributed by atoms with van der Waals surface area (Å²) in [4.78, 5) is 23.4. The van der Waals surface area contributed by atoms with Crippen molar-refractivity contribution < 1.29 is 29.3 Å². The third kappa shape index (κ3) is 5.14. The van der Waals surface area contributed by atoms with E-state index in [2.05, 4.69) is 5.32 Å². The number of benzene rings is 2. The van der Waals surface area contributed by atoms with Gasteiger partial charge < -0.3 is 25.0 Å². The number of allylic oxidation sites excluding steroid dienone is 2. The van der Waals surface area contributed by atoms with Gasteiger partial charge in [-0.15, -0.1) is 0 Å². The van der Waals surface area contributed by atoms with Crippen molar-refractivity contribution in [1.29, 1.82) is 0 Å². The first-order valence-corrected chi connectivity index (χ1v) is 8.57. The Morgan fingerprint density at radius 1 is 1.07 bits per heavy atom. The lowest BCUT2D eigenvalue weighted by Gasteiger charge is -2.13. The Balaban J connectivity index is 1.55. The summed E-state index contributed by atoms with van der Waals surface area (Å²) >= 11 is 0. The fourth-order valence-corrected chi connectivity index (χ4v) is 2.61. The van der Waals surface area contributed by atoms with Gasteiger partial charge in [0.1, 0.15) is 11.8 Å². The quantitative estimate of drug-likeness (QED) is 0.503. The zero-order chi connectivity index (χ0) is 19.9. The number of phenols is 1. The molecule has 1 aliphatic heterocycles. The van der Waals surface area contributed by atoms with E-state index < -0.39 is 17.9 Å². The van der Waals surface area contributed by atoms with Crippen molar-refractivity contribution in [3.63, 3.8) is 0 Å². The van der Waals surface area contributed by atoms with Crippen molar-refractivity contribution in [1.82, 2.24) is 5.32 Å². The molecule has 0 saturated heterocycles. The van der Waals surface area contributed by atoms with E-state index in [0.717, 1.165) is 5.56 Å². The molecule has 1 aliphatic rings. The van der Waals surface area contributed by atoms with E-state index in [-0.39, 0.29) is 19.0 Å². The van der Waals surface area contributed by atoms with E-state index >= 15 is 0 Å². The molecule has 7 nitrogen and oxygen atoms in total. The first-order chi connectivity index (χ1) is 13.5. The van der Waals surface area contributed by atoms with Gasteiger partial charge in [0.15, 0.2) is 11.5 Å². The molecule has 0 saturated carbocycles. The van der Waals surface area contributed by atoms with Crippen molar-refractivity contribution in [3.8, 4) is 17.2 Å². The first-order valence-electron chi connectivity index (χ1n) is 8.57. The molecule has 1 atom stereocenters. The zero-order valence-electron chi connectivity index (χ0n) is 14.9. The van der Waals surface area contributed by atoms with E-state index in [1.165, 1.54) is 24.3 Å². The lowest BCUT2D eigenvalue weighted by atomic mass is 10.1. The number of aromatic hydroxyl groups is 1.